The van der Waals surface area contributed by atoms with Crippen LogP contribution in [0.4, 0.5) is 0 Å². The highest BCUT2D eigenvalue weighted by Gasteiger charge is 2.23. The number of methoxy groups -OCH3 is 3. The van der Waals surface area contributed by atoms with Crippen LogP contribution in [0.1, 0.15) is 11.5 Å². The monoisotopic (exact) mass is 256 g/mol. The summed E-state index contributed by atoms with van der Waals surface area (Å²) in [6, 6.07) is 2.91. The summed E-state index contributed by atoms with van der Waals surface area (Å²) in [7, 11) is 3.99. The van der Waals surface area contributed by atoms with Crippen LogP contribution in [0, 0.1) is 0 Å². The normalized spacial score (nSPS) is 11.8. The SMILES string of the molecule is COC(=O)[C@H](CO)c1cc(OC)c(O)c(OC)c1. The molecule has 0 aliphatic heterocycles. The van der Waals surface area contributed by atoms with Gasteiger partial charge in [0.25, 0.3) is 0 Å². The molecule has 2 N–H and O–H groups in total. The van der Waals surface area contributed by atoms with Crippen LogP contribution in [-0.2, 0) is 9.53 Å². The summed E-state index contributed by atoms with van der Waals surface area (Å²) < 4.78 is 14.5. The molecule has 0 unspecified atom stereocenters. The van der Waals surface area contributed by atoms with Crippen molar-refractivity contribution in [2.24, 2.45) is 0 Å². The van der Waals surface area contributed by atoms with Gasteiger partial charge in [-0.15, -0.1) is 0 Å². The summed E-state index contributed by atoms with van der Waals surface area (Å²) in [6.45, 7) is -0.413. The maximum absolute atomic E-state index is 11.5. The molecule has 6 heteroatoms. The number of benzene rings is 1. The predicted octanol–water partition coefficient (Wildman–Crippen LogP) is 0.658. The van der Waals surface area contributed by atoms with E-state index in [-0.39, 0.29) is 17.2 Å². The molecule has 0 amide bonds. The fraction of sp³-hybridized carbons (Fsp3) is 0.417. The van der Waals surface area contributed by atoms with Crippen molar-refractivity contribution in [1.82, 2.24) is 0 Å². The van der Waals surface area contributed by atoms with Crippen molar-refractivity contribution in [3.63, 3.8) is 0 Å². The largest absolute Gasteiger partial charge is 0.502 e. The Balaban J connectivity index is 3.27. The topological polar surface area (TPSA) is 85.2 Å². The van der Waals surface area contributed by atoms with Crippen molar-refractivity contribution >= 4 is 5.97 Å². The van der Waals surface area contributed by atoms with Gasteiger partial charge in [-0.2, -0.15) is 0 Å². The fourth-order valence-corrected chi connectivity index (χ4v) is 1.57. The molecular weight excluding hydrogens is 240 g/mol. The molecule has 1 atom stereocenters. The van der Waals surface area contributed by atoms with Gasteiger partial charge < -0.3 is 24.4 Å². The summed E-state index contributed by atoms with van der Waals surface area (Å²) in [4.78, 5) is 11.5. The van der Waals surface area contributed by atoms with Crippen LogP contribution >= 0.6 is 0 Å². The number of hydrogen-bond donors (Lipinski definition) is 2. The first-order chi connectivity index (χ1) is 8.58. The average molecular weight is 256 g/mol. The number of aliphatic hydroxyl groups is 1. The van der Waals surface area contributed by atoms with Crippen LogP contribution < -0.4 is 9.47 Å². The molecular formula is C12H16O6. The highest BCUT2D eigenvalue weighted by molar-refractivity contribution is 5.79. The molecule has 0 saturated carbocycles. The zero-order valence-electron chi connectivity index (χ0n) is 10.5. The summed E-state index contributed by atoms with van der Waals surface area (Å²) in [5.41, 5.74) is 0.441. The molecule has 100 valence electrons. The molecule has 0 fully saturated rings. The number of aromatic hydroxyl groups is 1. The van der Waals surface area contributed by atoms with Gasteiger partial charge in [0.05, 0.1) is 27.9 Å². The van der Waals surface area contributed by atoms with Gasteiger partial charge in [-0.25, -0.2) is 0 Å². The summed E-state index contributed by atoms with van der Waals surface area (Å²) in [6.07, 6.45) is 0. The second-order valence-electron chi connectivity index (χ2n) is 3.53. The van der Waals surface area contributed by atoms with Crippen molar-refractivity contribution in [2.45, 2.75) is 5.92 Å². The Morgan fingerprint density at radius 1 is 1.22 bits per heavy atom. The molecule has 1 aromatic rings. The number of hydrogen-bond acceptors (Lipinski definition) is 6. The van der Waals surface area contributed by atoms with E-state index >= 15 is 0 Å². The van der Waals surface area contributed by atoms with E-state index in [1.54, 1.807) is 0 Å². The lowest BCUT2D eigenvalue weighted by molar-refractivity contribution is -0.143. The number of esters is 1. The Bertz CT molecular complexity index is 404. The van der Waals surface area contributed by atoms with Crippen LogP contribution in [-0.4, -0.2) is 44.1 Å². The van der Waals surface area contributed by atoms with E-state index in [0.29, 0.717) is 5.56 Å². The first-order valence-corrected chi connectivity index (χ1v) is 5.22. The number of carbonyl (C=O) groups is 1. The fourth-order valence-electron chi connectivity index (χ4n) is 1.57. The smallest absolute Gasteiger partial charge is 0.315 e. The molecule has 0 bridgehead atoms. The standard InChI is InChI=1S/C12H16O6/c1-16-9-4-7(5-10(17-2)11(9)14)8(6-13)12(15)18-3/h4-5,8,13-14H,6H2,1-3H3/t8-/m1/s1. The third-order valence-corrected chi connectivity index (χ3v) is 2.57. The number of phenolic OH excluding ortho intramolecular Hbond substituents is 1. The van der Waals surface area contributed by atoms with Gasteiger partial charge in [-0.3, -0.25) is 4.79 Å². The van der Waals surface area contributed by atoms with Crippen LogP contribution in [0.3, 0.4) is 0 Å². The van der Waals surface area contributed by atoms with E-state index in [0.717, 1.165) is 0 Å². The third-order valence-electron chi connectivity index (χ3n) is 2.57. The van der Waals surface area contributed by atoms with Gasteiger partial charge in [-0.05, 0) is 17.7 Å². The number of phenols is 1. The highest BCUT2D eigenvalue weighted by atomic mass is 16.5. The predicted molar refractivity (Wildman–Crippen MR) is 63.1 cm³/mol. The third kappa shape index (κ3) is 2.65. The maximum atomic E-state index is 11.5. The molecule has 0 heterocycles. The summed E-state index contributed by atoms with van der Waals surface area (Å²) >= 11 is 0. The van der Waals surface area contributed by atoms with Gasteiger partial charge in [0.15, 0.2) is 11.5 Å². The molecule has 0 aromatic heterocycles. The van der Waals surface area contributed by atoms with Crippen LogP contribution in [0.15, 0.2) is 12.1 Å². The second-order valence-corrected chi connectivity index (χ2v) is 3.53. The minimum absolute atomic E-state index is 0.159. The molecule has 0 saturated heterocycles. The molecule has 6 nitrogen and oxygen atoms in total. The Morgan fingerprint density at radius 2 is 1.72 bits per heavy atom. The van der Waals surface area contributed by atoms with Gasteiger partial charge in [-0.1, -0.05) is 0 Å². The average Bonchev–Trinajstić information content (AvgIpc) is 2.40. The Kier molecular flexibility index (Phi) is 4.79. The van der Waals surface area contributed by atoms with Gasteiger partial charge in [0, 0.05) is 0 Å². The van der Waals surface area contributed by atoms with Gasteiger partial charge in [0.1, 0.15) is 5.92 Å². The Labute approximate surface area is 105 Å². The van der Waals surface area contributed by atoms with Crippen LogP contribution in [0.2, 0.25) is 0 Å². The zero-order chi connectivity index (χ0) is 13.7. The highest BCUT2D eigenvalue weighted by Crippen LogP contribution is 2.39. The number of carbonyl (C=O) groups excluding carboxylic acids is 1. The zero-order valence-corrected chi connectivity index (χ0v) is 10.5. The van der Waals surface area contributed by atoms with E-state index in [9.17, 15) is 15.0 Å². The van der Waals surface area contributed by atoms with E-state index in [2.05, 4.69) is 4.74 Å². The number of rotatable bonds is 5. The van der Waals surface area contributed by atoms with Crippen molar-refractivity contribution in [3.8, 4) is 17.2 Å². The molecule has 1 aromatic carbocycles. The lowest BCUT2D eigenvalue weighted by atomic mass is 9.99. The lowest BCUT2D eigenvalue weighted by Gasteiger charge is -2.16. The molecule has 0 spiro atoms. The van der Waals surface area contributed by atoms with Crippen molar-refractivity contribution in [3.05, 3.63) is 17.7 Å². The van der Waals surface area contributed by atoms with E-state index in [4.69, 9.17) is 9.47 Å². The second kappa shape index (κ2) is 6.11. The molecule has 0 aliphatic rings. The molecule has 1 rings (SSSR count). The minimum atomic E-state index is -0.849. The molecule has 0 aliphatic carbocycles. The summed E-state index contributed by atoms with van der Waals surface area (Å²) in [5.74, 6) is -1.27. The van der Waals surface area contributed by atoms with Crippen LogP contribution in [0.25, 0.3) is 0 Å². The van der Waals surface area contributed by atoms with E-state index in [1.165, 1.54) is 33.5 Å². The van der Waals surface area contributed by atoms with E-state index < -0.39 is 18.5 Å². The maximum Gasteiger partial charge on any atom is 0.315 e. The van der Waals surface area contributed by atoms with Gasteiger partial charge in [0.2, 0.25) is 5.75 Å². The summed E-state index contributed by atoms with van der Waals surface area (Å²) in [5, 5.41) is 19.0. The van der Waals surface area contributed by atoms with Crippen LogP contribution in [0.5, 0.6) is 17.2 Å². The Hall–Kier alpha value is -1.95. The first kappa shape index (κ1) is 14.1. The van der Waals surface area contributed by atoms with E-state index in [1.807, 2.05) is 0 Å². The minimum Gasteiger partial charge on any atom is -0.502 e. The van der Waals surface area contributed by atoms with Crippen molar-refractivity contribution < 1.29 is 29.2 Å². The Morgan fingerprint density at radius 3 is 2.06 bits per heavy atom. The molecule has 0 radical (unpaired) electrons. The molecule has 18 heavy (non-hydrogen) atoms. The quantitative estimate of drug-likeness (QED) is 0.753. The van der Waals surface area contributed by atoms with Crippen molar-refractivity contribution in [2.75, 3.05) is 27.9 Å². The van der Waals surface area contributed by atoms with Gasteiger partial charge >= 0.3 is 5.97 Å². The first-order valence-electron chi connectivity index (χ1n) is 5.22. The number of aliphatic hydroxyl groups excluding tert-OH is 1. The lowest BCUT2D eigenvalue weighted by Crippen LogP contribution is -2.18. The van der Waals surface area contributed by atoms with Crippen molar-refractivity contribution in [1.29, 1.82) is 0 Å². The number of ether oxygens (including phenoxy) is 3.